The lowest BCUT2D eigenvalue weighted by molar-refractivity contribution is 0.197. The summed E-state index contributed by atoms with van der Waals surface area (Å²) in [5.41, 5.74) is 3.00. The average Bonchev–Trinajstić information content (AvgIpc) is 3.63. The number of aliphatic hydroxyl groups excluding tert-OH is 1. The van der Waals surface area contributed by atoms with E-state index < -0.39 is 10.0 Å². The first-order valence-electron chi connectivity index (χ1n) is 10.4. The Bertz CT molecular complexity index is 1210. The van der Waals surface area contributed by atoms with E-state index in [0.717, 1.165) is 34.9 Å². The Labute approximate surface area is 187 Å². The molecule has 3 aromatic rings. The molecule has 0 spiro atoms. The summed E-state index contributed by atoms with van der Waals surface area (Å²) in [5, 5.41) is 10.4. The molecule has 7 nitrogen and oxygen atoms in total. The molecule has 0 amide bonds. The van der Waals surface area contributed by atoms with Crippen molar-refractivity contribution in [3.8, 4) is 17.0 Å². The lowest BCUT2D eigenvalue weighted by Crippen LogP contribution is -2.15. The van der Waals surface area contributed by atoms with Gasteiger partial charge in [0, 0.05) is 5.92 Å². The Morgan fingerprint density at radius 3 is 2.47 bits per heavy atom. The molecule has 0 atom stereocenters. The average molecular weight is 452 g/mol. The molecule has 0 radical (unpaired) electrons. The normalized spacial score (nSPS) is 13.9. The summed E-state index contributed by atoms with van der Waals surface area (Å²) in [6.45, 7) is 1.83. The number of hydrogen-bond donors (Lipinski definition) is 2. The van der Waals surface area contributed by atoms with Gasteiger partial charge in [-0.15, -0.1) is 0 Å². The fourth-order valence-electron chi connectivity index (χ4n) is 3.18. The summed E-state index contributed by atoms with van der Waals surface area (Å²) in [6.07, 6.45) is 3.42. The number of aryl methyl sites for hydroxylation is 1. The number of ether oxygens (including phenoxy) is 1. The minimum atomic E-state index is -3.86. The second-order valence-corrected chi connectivity index (χ2v) is 9.25. The number of aromatic nitrogens is 2. The Morgan fingerprint density at radius 1 is 1.09 bits per heavy atom. The van der Waals surface area contributed by atoms with E-state index in [1.54, 1.807) is 0 Å². The van der Waals surface area contributed by atoms with Crippen molar-refractivity contribution in [2.75, 3.05) is 17.9 Å². The van der Waals surface area contributed by atoms with Crippen LogP contribution in [0, 0.1) is 6.92 Å². The highest BCUT2D eigenvalue weighted by Gasteiger charge is 2.30. The first-order valence-corrected chi connectivity index (χ1v) is 12.0. The molecule has 1 aliphatic rings. The van der Waals surface area contributed by atoms with Gasteiger partial charge in [-0.3, -0.25) is 4.72 Å². The monoisotopic (exact) mass is 451 g/mol. The molecule has 1 aliphatic carbocycles. The van der Waals surface area contributed by atoms with Gasteiger partial charge in [-0.25, -0.2) is 13.4 Å². The van der Waals surface area contributed by atoms with Crippen molar-refractivity contribution in [3.05, 3.63) is 77.0 Å². The van der Waals surface area contributed by atoms with E-state index >= 15 is 0 Å². The van der Waals surface area contributed by atoms with Crippen LogP contribution in [0.2, 0.25) is 0 Å². The molecule has 1 saturated carbocycles. The topological polar surface area (TPSA) is 101 Å². The quantitative estimate of drug-likeness (QED) is 0.508. The molecule has 4 rings (SSSR count). The van der Waals surface area contributed by atoms with E-state index in [2.05, 4.69) is 14.7 Å². The van der Waals surface area contributed by atoms with Crippen molar-refractivity contribution in [1.29, 1.82) is 0 Å². The molecule has 32 heavy (non-hydrogen) atoms. The van der Waals surface area contributed by atoms with Crippen molar-refractivity contribution in [3.63, 3.8) is 0 Å². The summed E-state index contributed by atoms with van der Waals surface area (Å²) in [7, 11) is -3.86. The van der Waals surface area contributed by atoms with Gasteiger partial charge in [-0.1, -0.05) is 60.2 Å². The maximum Gasteiger partial charge on any atom is 0.256 e. The van der Waals surface area contributed by atoms with Crippen LogP contribution in [0.25, 0.3) is 17.2 Å². The number of aliphatic hydroxyl groups is 1. The number of benzene rings is 2. The molecule has 0 bridgehead atoms. The highest BCUT2D eigenvalue weighted by molar-refractivity contribution is 7.95. The standard InChI is InChI=1S/C24H25N3O4S/c1-17-7-9-19(10-8-17)21-23(25-22(20-11-12-20)26-24(21)31-15-14-28)27-32(29,30)16-13-18-5-3-2-4-6-18/h2-10,13,16,20,28H,11-12,14-15H2,1H3,(H,25,26,27). The number of rotatable bonds is 9. The number of hydrogen-bond acceptors (Lipinski definition) is 6. The number of anilines is 1. The molecule has 166 valence electrons. The van der Waals surface area contributed by atoms with E-state index in [0.29, 0.717) is 11.4 Å². The van der Waals surface area contributed by atoms with Gasteiger partial charge in [0.2, 0.25) is 5.88 Å². The maximum absolute atomic E-state index is 12.9. The van der Waals surface area contributed by atoms with Crippen LogP contribution in [0.5, 0.6) is 5.88 Å². The zero-order valence-electron chi connectivity index (χ0n) is 17.7. The fourth-order valence-corrected chi connectivity index (χ4v) is 4.00. The third kappa shape index (κ3) is 5.52. The highest BCUT2D eigenvalue weighted by atomic mass is 32.2. The predicted molar refractivity (Wildman–Crippen MR) is 125 cm³/mol. The molecule has 8 heteroatoms. The van der Waals surface area contributed by atoms with E-state index in [-0.39, 0.29) is 30.8 Å². The lowest BCUT2D eigenvalue weighted by Gasteiger charge is -2.16. The summed E-state index contributed by atoms with van der Waals surface area (Å²) >= 11 is 0. The van der Waals surface area contributed by atoms with Crippen LogP contribution < -0.4 is 9.46 Å². The maximum atomic E-state index is 12.9. The van der Waals surface area contributed by atoms with Gasteiger partial charge in [0.05, 0.1) is 17.6 Å². The van der Waals surface area contributed by atoms with Gasteiger partial charge in [0.15, 0.2) is 5.82 Å². The second-order valence-electron chi connectivity index (χ2n) is 7.68. The third-order valence-corrected chi connectivity index (χ3v) is 5.96. The smallest absolute Gasteiger partial charge is 0.256 e. The Balaban J connectivity index is 1.77. The summed E-state index contributed by atoms with van der Waals surface area (Å²) in [4.78, 5) is 9.12. The molecule has 1 heterocycles. The van der Waals surface area contributed by atoms with Crippen LogP contribution in [-0.2, 0) is 10.0 Å². The van der Waals surface area contributed by atoms with E-state index in [9.17, 15) is 13.5 Å². The van der Waals surface area contributed by atoms with Gasteiger partial charge in [0.25, 0.3) is 10.0 Å². The molecule has 0 aliphatic heterocycles. The fraction of sp³-hybridized carbons (Fsp3) is 0.250. The number of nitrogens with one attached hydrogen (secondary N) is 1. The predicted octanol–water partition coefficient (Wildman–Crippen LogP) is 4.11. The lowest BCUT2D eigenvalue weighted by atomic mass is 10.1. The molecular weight excluding hydrogens is 426 g/mol. The van der Waals surface area contributed by atoms with E-state index in [4.69, 9.17) is 4.74 Å². The van der Waals surface area contributed by atoms with Crippen molar-refractivity contribution in [2.45, 2.75) is 25.7 Å². The van der Waals surface area contributed by atoms with Crippen molar-refractivity contribution >= 4 is 21.9 Å². The first kappa shape index (κ1) is 22.0. The minimum Gasteiger partial charge on any atom is -0.475 e. The van der Waals surface area contributed by atoms with Gasteiger partial charge >= 0.3 is 0 Å². The van der Waals surface area contributed by atoms with E-state index in [1.807, 2.05) is 61.5 Å². The highest BCUT2D eigenvalue weighted by Crippen LogP contribution is 2.42. The van der Waals surface area contributed by atoms with Gasteiger partial charge in [-0.2, -0.15) is 4.98 Å². The summed E-state index contributed by atoms with van der Waals surface area (Å²) in [6, 6.07) is 16.8. The Kier molecular flexibility index (Phi) is 6.53. The number of nitrogens with zero attached hydrogens (tertiary/aromatic N) is 2. The zero-order chi connectivity index (χ0) is 22.6. The van der Waals surface area contributed by atoms with Crippen LogP contribution in [-0.4, -0.2) is 36.7 Å². The van der Waals surface area contributed by atoms with Gasteiger partial charge < -0.3 is 9.84 Å². The minimum absolute atomic E-state index is 0.0417. The first-order chi connectivity index (χ1) is 15.4. The van der Waals surface area contributed by atoms with Crippen LogP contribution >= 0.6 is 0 Å². The van der Waals surface area contributed by atoms with Crippen LogP contribution in [0.1, 0.15) is 35.7 Å². The molecule has 0 unspecified atom stereocenters. The summed E-state index contributed by atoms with van der Waals surface area (Å²) < 4.78 is 34.1. The molecular formula is C24H25N3O4S. The van der Waals surface area contributed by atoms with Crippen LogP contribution in [0.3, 0.4) is 0 Å². The zero-order valence-corrected chi connectivity index (χ0v) is 18.5. The van der Waals surface area contributed by atoms with Crippen molar-refractivity contribution in [1.82, 2.24) is 9.97 Å². The SMILES string of the molecule is Cc1ccc(-c2c(NS(=O)(=O)C=Cc3ccccc3)nc(C3CC3)nc2OCCO)cc1. The van der Waals surface area contributed by atoms with Crippen molar-refractivity contribution < 1.29 is 18.3 Å². The molecule has 0 saturated heterocycles. The Hall–Kier alpha value is -3.23. The van der Waals surface area contributed by atoms with Crippen LogP contribution in [0.4, 0.5) is 5.82 Å². The number of sulfonamides is 1. The van der Waals surface area contributed by atoms with Gasteiger partial charge in [-0.05, 0) is 37.0 Å². The Morgan fingerprint density at radius 2 is 1.81 bits per heavy atom. The molecule has 2 N–H and O–H groups in total. The van der Waals surface area contributed by atoms with Crippen molar-refractivity contribution in [2.24, 2.45) is 0 Å². The molecule has 2 aromatic carbocycles. The second kappa shape index (κ2) is 9.50. The summed E-state index contributed by atoms with van der Waals surface area (Å²) in [5.74, 6) is 1.14. The molecule has 1 fully saturated rings. The molecule has 1 aromatic heterocycles. The largest absolute Gasteiger partial charge is 0.475 e. The van der Waals surface area contributed by atoms with E-state index in [1.165, 1.54) is 6.08 Å². The third-order valence-electron chi connectivity index (χ3n) is 4.98. The van der Waals surface area contributed by atoms with Crippen LogP contribution in [0.15, 0.2) is 60.0 Å². The van der Waals surface area contributed by atoms with Gasteiger partial charge in [0.1, 0.15) is 12.4 Å².